The van der Waals surface area contributed by atoms with Gasteiger partial charge < -0.3 is 4.74 Å². The van der Waals surface area contributed by atoms with Crippen LogP contribution >= 0.6 is 11.6 Å². The number of carbonyl (C=O) groups excluding carboxylic acids is 2. The highest BCUT2D eigenvalue weighted by Gasteiger charge is 2.21. The highest BCUT2D eigenvalue weighted by molar-refractivity contribution is 6.26. The number of hydrogen-bond acceptors (Lipinski definition) is 3. The molecule has 0 aromatic rings. The molecule has 0 N–H and O–H groups in total. The van der Waals surface area contributed by atoms with Gasteiger partial charge in [-0.1, -0.05) is 0 Å². The SMILES string of the molecule is O=C1CCC(OC(=O)CCl)CC1. The number of Topliss-reactive ketones (excluding diaryl/α,β-unsaturated/α-hetero) is 1. The molecule has 1 fully saturated rings. The largest absolute Gasteiger partial charge is 0.461 e. The van der Waals surface area contributed by atoms with Crippen LogP contribution in [0.3, 0.4) is 0 Å². The Morgan fingerprint density at radius 1 is 1.50 bits per heavy atom. The molecule has 12 heavy (non-hydrogen) atoms. The molecule has 0 heterocycles. The normalized spacial score (nSPS) is 19.2. The lowest BCUT2D eigenvalue weighted by Crippen LogP contribution is -2.24. The molecule has 0 amide bonds. The maximum atomic E-state index is 10.8. The Balaban J connectivity index is 2.26. The first-order valence-electron chi connectivity index (χ1n) is 3.99. The predicted octanol–water partition coefficient (Wildman–Crippen LogP) is 1.28. The van der Waals surface area contributed by atoms with Crippen LogP contribution in [0.5, 0.6) is 0 Å². The van der Waals surface area contributed by atoms with Crippen molar-refractivity contribution >= 4 is 23.4 Å². The molecule has 1 aliphatic carbocycles. The number of carbonyl (C=O) groups is 2. The molecule has 0 radical (unpaired) electrons. The summed E-state index contributed by atoms with van der Waals surface area (Å²) in [5.41, 5.74) is 0. The first-order valence-corrected chi connectivity index (χ1v) is 4.53. The summed E-state index contributed by atoms with van der Waals surface area (Å²) in [4.78, 5) is 21.5. The number of rotatable bonds is 2. The van der Waals surface area contributed by atoms with Crippen LogP contribution in [0.25, 0.3) is 0 Å². The zero-order valence-corrected chi connectivity index (χ0v) is 7.47. The van der Waals surface area contributed by atoms with E-state index in [4.69, 9.17) is 16.3 Å². The first-order chi connectivity index (χ1) is 5.72. The van der Waals surface area contributed by atoms with Crippen LogP contribution in [-0.4, -0.2) is 23.7 Å². The third kappa shape index (κ3) is 2.81. The van der Waals surface area contributed by atoms with Crippen molar-refractivity contribution in [3.63, 3.8) is 0 Å². The van der Waals surface area contributed by atoms with Crippen molar-refractivity contribution in [3.8, 4) is 0 Å². The van der Waals surface area contributed by atoms with Crippen molar-refractivity contribution in [1.82, 2.24) is 0 Å². The molecule has 4 heteroatoms. The van der Waals surface area contributed by atoms with Crippen LogP contribution in [0.15, 0.2) is 0 Å². The van der Waals surface area contributed by atoms with E-state index in [1.807, 2.05) is 0 Å². The van der Waals surface area contributed by atoms with E-state index < -0.39 is 5.97 Å². The Labute approximate surface area is 76.0 Å². The summed E-state index contributed by atoms with van der Waals surface area (Å²) in [5, 5.41) is 0. The topological polar surface area (TPSA) is 43.4 Å². The molecular formula is C8H11ClO3. The quantitative estimate of drug-likeness (QED) is 0.487. The van der Waals surface area contributed by atoms with Gasteiger partial charge in [0.25, 0.3) is 0 Å². The summed E-state index contributed by atoms with van der Waals surface area (Å²) in [6.45, 7) is 0. The predicted molar refractivity (Wildman–Crippen MR) is 44.1 cm³/mol. The van der Waals surface area contributed by atoms with Crippen LogP contribution in [0, 0.1) is 0 Å². The second kappa shape index (κ2) is 4.45. The number of esters is 1. The summed E-state index contributed by atoms with van der Waals surface area (Å²) in [6.07, 6.45) is 2.28. The minimum Gasteiger partial charge on any atom is -0.461 e. The fourth-order valence-electron chi connectivity index (χ4n) is 1.25. The molecule has 0 atom stereocenters. The number of alkyl halides is 1. The molecule has 1 rings (SSSR count). The fraction of sp³-hybridized carbons (Fsp3) is 0.750. The van der Waals surface area contributed by atoms with Gasteiger partial charge in [-0.15, -0.1) is 11.6 Å². The second-order valence-electron chi connectivity index (χ2n) is 2.86. The van der Waals surface area contributed by atoms with Gasteiger partial charge in [0.15, 0.2) is 0 Å². The molecular weight excluding hydrogens is 180 g/mol. The lowest BCUT2D eigenvalue weighted by atomic mass is 9.97. The molecule has 68 valence electrons. The van der Waals surface area contributed by atoms with Gasteiger partial charge in [-0.25, -0.2) is 0 Å². The van der Waals surface area contributed by atoms with Gasteiger partial charge >= 0.3 is 5.97 Å². The van der Waals surface area contributed by atoms with Crippen molar-refractivity contribution in [2.75, 3.05) is 5.88 Å². The van der Waals surface area contributed by atoms with Crippen molar-refractivity contribution in [2.24, 2.45) is 0 Å². The summed E-state index contributed by atoms with van der Waals surface area (Å²) < 4.78 is 4.97. The van der Waals surface area contributed by atoms with Crippen LogP contribution in [0.1, 0.15) is 25.7 Å². The van der Waals surface area contributed by atoms with E-state index in [0.29, 0.717) is 25.7 Å². The van der Waals surface area contributed by atoms with E-state index >= 15 is 0 Å². The van der Waals surface area contributed by atoms with E-state index in [2.05, 4.69) is 0 Å². The average Bonchev–Trinajstić information content (AvgIpc) is 2.09. The number of ketones is 1. The Bertz CT molecular complexity index is 181. The molecule has 0 bridgehead atoms. The highest BCUT2D eigenvalue weighted by atomic mass is 35.5. The number of halogens is 1. The van der Waals surface area contributed by atoms with E-state index in [-0.39, 0.29) is 17.8 Å². The fourth-order valence-corrected chi connectivity index (χ4v) is 1.31. The molecule has 0 aromatic heterocycles. The Hall–Kier alpha value is -0.570. The third-order valence-electron chi connectivity index (χ3n) is 1.90. The monoisotopic (exact) mass is 190 g/mol. The summed E-state index contributed by atoms with van der Waals surface area (Å²) in [6, 6.07) is 0. The first kappa shape index (κ1) is 9.52. The Morgan fingerprint density at radius 3 is 2.58 bits per heavy atom. The maximum absolute atomic E-state index is 10.8. The molecule has 0 aromatic carbocycles. The van der Waals surface area contributed by atoms with Crippen molar-refractivity contribution in [2.45, 2.75) is 31.8 Å². The van der Waals surface area contributed by atoms with Gasteiger partial charge in [0.05, 0.1) is 0 Å². The van der Waals surface area contributed by atoms with Crippen molar-refractivity contribution < 1.29 is 14.3 Å². The summed E-state index contributed by atoms with van der Waals surface area (Å²) in [5.74, 6) is -0.242. The van der Waals surface area contributed by atoms with Gasteiger partial charge in [0, 0.05) is 12.8 Å². The molecule has 0 unspecified atom stereocenters. The average molecular weight is 191 g/mol. The molecule has 1 saturated carbocycles. The number of hydrogen-bond donors (Lipinski definition) is 0. The lowest BCUT2D eigenvalue weighted by molar-refractivity contribution is -0.148. The molecule has 1 aliphatic rings. The standard InChI is InChI=1S/C8H11ClO3/c9-5-8(11)12-7-3-1-6(10)2-4-7/h7H,1-5H2. The van der Waals surface area contributed by atoms with E-state index in [1.165, 1.54) is 0 Å². The molecule has 0 aliphatic heterocycles. The third-order valence-corrected chi connectivity index (χ3v) is 2.12. The van der Waals surface area contributed by atoms with Gasteiger partial charge in [-0.05, 0) is 12.8 Å². The van der Waals surface area contributed by atoms with Crippen LogP contribution in [0.4, 0.5) is 0 Å². The van der Waals surface area contributed by atoms with Gasteiger partial charge in [0.2, 0.25) is 0 Å². The zero-order valence-electron chi connectivity index (χ0n) is 6.72. The minimum atomic E-state index is -0.393. The summed E-state index contributed by atoms with van der Waals surface area (Å²) >= 11 is 5.26. The Morgan fingerprint density at radius 2 is 2.08 bits per heavy atom. The lowest BCUT2D eigenvalue weighted by Gasteiger charge is -2.20. The molecule has 3 nitrogen and oxygen atoms in total. The van der Waals surface area contributed by atoms with Crippen LogP contribution in [-0.2, 0) is 14.3 Å². The minimum absolute atomic E-state index is 0.0889. The molecule has 0 saturated heterocycles. The van der Waals surface area contributed by atoms with Crippen LogP contribution in [0.2, 0.25) is 0 Å². The number of ether oxygens (including phenoxy) is 1. The van der Waals surface area contributed by atoms with Gasteiger partial charge in [-0.3, -0.25) is 9.59 Å². The Kier molecular flexibility index (Phi) is 3.53. The van der Waals surface area contributed by atoms with Crippen LogP contribution < -0.4 is 0 Å². The highest BCUT2D eigenvalue weighted by Crippen LogP contribution is 2.17. The second-order valence-corrected chi connectivity index (χ2v) is 3.13. The van der Waals surface area contributed by atoms with Gasteiger partial charge in [-0.2, -0.15) is 0 Å². The van der Waals surface area contributed by atoms with Crippen molar-refractivity contribution in [1.29, 1.82) is 0 Å². The van der Waals surface area contributed by atoms with E-state index in [1.54, 1.807) is 0 Å². The van der Waals surface area contributed by atoms with Gasteiger partial charge in [0.1, 0.15) is 17.8 Å². The molecule has 0 spiro atoms. The van der Waals surface area contributed by atoms with E-state index in [0.717, 1.165) is 0 Å². The maximum Gasteiger partial charge on any atom is 0.321 e. The van der Waals surface area contributed by atoms with E-state index in [9.17, 15) is 9.59 Å². The van der Waals surface area contributed by atoms with Crippen molar-refractivity contribution in [3.05, 3.63) is 0 Å². The smallest absolute Gasteiger partial charge is 0.321 e. The zero-order chi connectivity index (χ0) is 8.97. The summed E-state index contributed by atoms with van der Waals surface area (Å²) in [7, 11) is 0.